The van der Waals surface area contributed by atoms with E-state index < -0.39 is 65.9 Å². The summed E-state index contributed by atoms with van der Waals surface area (Å²) < 4.78 is 70.8. The van der Waals surface area contributed by atoms with Crippen molar-refractivity contribution in [2.24, 2.45) is 0 Å². The van der Waals surface area contributed by atoms with E-state index in [4.69, 9.17) is 30.6 Å². The zero-order valence-corrected chi connectivity index (χ0v) is 19.4. The van der Waals surface area contributed by atoms with Crippen LogP contribution in [0.4, 0.5) is 4.39 Å². The van der Waals surface area contributed by atoms with E-state index in [1.165, 1.54) is 0 Å². The molecule has 0 saturated carbocycles. The molecule has 2 heterocycles. The molecular formula is C14H19FNO14P3. The van der Waals surface area contributed by atoms with Crippen molar-refractivity contribution in [3.05, 3.63) is 33.0 Å². The molecule has 1 aliphatic heterocycles. The highest BCUT2D eigenvalue weighted by molar-refractivity contribution is 7.66. The van der Waals surface area contributed by atoms with Crippen LogP contribution in [0.5, 0.6) is 0 Å². The van der Waals surface area contributed by atoms with Crippen molar-refractivity contribution in [2.75, 3.05) is 13.7 Å². The highest BCUT2D eigenvalue weighted by Gasteiger charge is 2.48. The van der Waals surface area contributed by atoms with Gasteiger partial charge in [-0.25, -0.2) is 18.1 Å². The number of aromatic amines is 1. The lowest BCUT2D eigenvalue weighted by Gasteiger charge is -2.21. The molecule has 1 saturated heterocycles. The largest absolute Gasteiger partial charge is 0.490 e. The Kier molecular flexibility index (Phi) is 8.60. The summed E-state index contributed by atoms with van der Waals surface area (Å²) in [6.07, 6.45) is -0.597. The zero-order valence-electron chi connectivity index (χ0n) is 16.7. The molecule has 15 nitrogen and oxygen atoms in total. The second kappa shape index (κ2) is 10.2. The molecule has 33 heavy (non-hydrogen) atoms. The van der Waals surface area contributed by atoms with Gasteiger partial charge >= 0.3 is 23.5 Å². The van der Waals surface area contributed by atoms with Gasteiger partial charge in [0.25, 0.3) is 5.56 Å². The minimum Gasteiger partial charge on any atom is -0.387 e. The van der Waals surface area contributed by atoms with E-state index in [9.17, 15) is 32.9 Å². The number of pyridine rings is 1. The van der Waals surface area contributed by atoms with Crippen molar-refractivity contribution in [1.29, 1.82) is 0 Å². The number of aliphatic hydroxyl groups excluding tert-OH is 1. The van der Waals surface area contributed by atoms with Crippen molar-refractivity contribution < 1.29 is 65.4 Å². The first-order valence-electron chi connectivity index (χ1n) is 8.55. The van der Waals surface area contributed by atoms with Crippen LogP contribution in [-0.4, -0.2) is 61.7 Å². The summed E-state index contributed by atoms with van der Waals surface area (Å²) in [5.41, 5.74) is -1.80. The van der Waals surface area contributed by atoms with Crippen LogP contribution in [0.3, 0.4) is 0 Å². The predicted octanol–water partition coefficient (Wildman–Crippen LogP) is -0.0372. The van der Waals surface area contributed by atoms with Crippen LogP contribution in [0.1, 0.15) is 22.9 Å². The van der Waals surface area contributed by atoms with Crippen LogP contribution in [0.25, 0.3) is 0 Å². The van der Waals surface area contributed by atoms with Crippen LogP contribution < -0.4 is 5.56 Å². The fourth-order valence-electron chi connectivity index (χ4n) is 2.91. The van der Waals surface area contributed by atoms with E-state index in [-0.39, 0.29) is 16.8 Å². The molecule has 0 spiro atoms. The number of nitrogens with one attached hydrogen (secondary N) is 1. The number of phosphoric acid groups is 3. The Morgan fingerprint density at radius 1 is 1.18 bits per heavy atom. The molecular weight excluding hydrogens is 518 g/mol. The molecule has 6 atom stereocenters. The first-order valence-corrected chi connectivity index (χ1v) is 13.1. The van der Waals surface area contributed by atoms with Crippen LogP contribution in [0, 0.1) is 25.1 Å². The van der Waals surface area contributed by atoms with E-state index in [0.29, 0.717) is 0 Å². The first kappa shape index (κ1) is 28.0. The number of halogens is 1. The molecule has 1 aromatic rings. The van der Waals surface area contributed by atoms with Gasteiger partial charge < -0.3 is 39.1 Å². The minimum absolute atomic E-state index is 0.309. The van der Waals surface area contributed by atoms with E-state index in [1.807, 2.05) is 0 Å². The van der Waals surface area contributed by atoms with Crippen LogP contribution >= 0.6 is 23.5 Å². The van der Waals surface area contributed by atoms with Gasteiger partial charge in [0.2, 0.25) is 0 Å². The number of H-pyrrole nitrogens is 1. The number of hydrogen-bond acceptors (Lipinski definition) is 10. The third-order valence-electron chi connectivity index (χ3n) is 4.27. The lowest BCUT2D eigenvalue weighted by molar-refractivity contribution is -0.0244. The van der Waals surface area contributed by atoms with Gasteiger partial charge in [-0.3, -0.25) is 9.32 Å². The fraction of sp³-hybridized carbons (Fsp3) is 0.500. The maximum absolute atomic E-state index is 14.8. The summed E-state index contributed by atoms with van der Waals surface area (Å²) in [4.78, 5) is 49.8. The number of phosphoric ester groups is 1. The number of ether oxygens (including phenoxy) is 2. The number of rotatable bonds is 9. The molecule has 0 aliphatic carbocycles. The topological polar surface area (TPSA) is 231 Å². The third-order valence-corrected chi connectivity index (χ3v) is 8.07. The maximum atomic E-state index is 14.8. The van der Waals surface area contributed by atoms with Crippen molar-refractivity contribution >= 4 is 23.5 Å². The van der Waals surface area contributed by atoms with Gasteiger partial charge in [0.1, 0.15) is 35.9 Å². The molecule has 6 N–H and O–H groups in total. The standard InChI is InChI=1S/C14H19FNO14P3/c1-4-7-9(10(15)6(2)14(18)16-7)12-13(26-3)11(17)8(28-12)5-27-32(22,23)30-33(24,25)29-31(19,20)21/h1,8,11-13,17H,5H2,2-3H3,(H,16,18)(H,22,23)(H,24,25)(H2,19,20,21)/t8-,11?,12+,13+/m1/s1. The summed E-state index contributed by atoms with van der Waals surface area (Å²) in [5.74, 6) is 1.03. The molecule has 1 aromatic heterocycles. The lowest BCUT2D eigenvalue weighted by Crippen LogP contribution is -2.34. The fourth-order valence-corrected chi connectivity index (χ4v) is 5.94. The Morgan fingerprint density at radius 2 is 1.79 bits per heavy atom. The summed E-state index contributed by atoms with van der Waals surface area (Å²) in [6.45, 7) is 0.147. The van der Waals surface area contributed by atoms with E-state index in [0.717, 1.165) is 14.0 Å². The average Bonchev–Trinajstić information content (AvgIpc) is 2.96. The highest BCUT2D eigenvalue weighted by Crippen LogP contribution is 2.66. The van der Waals surface area contributed by atoms with Gasteiger partial charge in [-0.1, -0.05) is 5.92 Å². The van der Waals surface area contributed by atoms with Gasteiger partial charge in [0.05, 0.1) is 17.7 Å². The van der Waals surface area contributed by atoms with Crippen LogP contribution in [0.15, 0.2) is 4.79 Å². The predicted molar refractivity (Wildman–Crippen MR) is 104 cm³/mol. The molecule has 2 rings (SSSR count). The second-order valence-electron chi connectivity index (χ2n) is 6.50. The van der Waals surface area contributed by atoms with Gasteiger partial charge in [0, 0.05) is 7.11 Å². The quantitative estimate of drug-likeness (QED) is 0.179. The Labute approximate surface area is 184 Å². The monoisotopic (exact) mass is 537 g/mol. The molecule has 0 bridgehead atoms. The molecule has 3 unspecified atom stereocenters. The van der Waals surface area contributed by atoms with Crippen LogP contribution in [0.2, 0.25) is 0 Å². The van der Waals surface area contributed by atoms with E-state index in [2.05, 4.69) is 24.0 Å². The smallest absolute Gasteiger partial charge is 0.387 e. The lowest BCUT2D eigenvalue weighted by atomic mass is 9.98. The number of methoxy groups -OCH3 is 1. The zero-order chi connectivity index (χ0) is 25.4. The minimum atomic E-state index is -5.75. The number of terminal acetylenes is 1. The van der Waals surface area contributed by atoms with Crippen LogP contribution in [-0.2, 0) is 36.3 Å². The molecule has 0 amide bonds. The maximum Gasteiger partial charge on any atom is 0.490 e. The van der Waals surface area contributed by atoms with Crippen molar-refractivity contribution in [2.45, 2.75) is 31.3 Å². The van der Waals surface area contributed by atoms with E-state index >= 15 is 0 Å². The second-order valence-corrected chi connectivity index (χ2v) is 10.9. The van der Waals surface area contributed by atoms with Gasteiger partial charge in [-0.05, 0) is 6.92 Å². The number of hydrogen-bond donors (Lipinski definition) is 6. The van der Waals surface area contributed by atoms with Gasteiger partial charge in [-0.15, -0.1) is 6.42 Å². The molecule has 186 valence electrons. The van der Waals surface area contributed by atoms with Crippen molar-refractivity contribution in [1.82, 2.24) is 4.98 Å². The number of aliphatic hydroxyl groups is 1. The number of aromatic nitrogens is 1. The molecule has 0 radical (unpaired) electrons. The molecule has 1 fully saturated rings. The van der Waals surface area contributed by atoms with Crippen molar-refractivity contribution in [3.63, 3.8) is 0 Å². The van der Waals surface area contributed by atoms with E-state index in [1.54, 1.807) is 0 Å². The first-order chi connectivity index (χ1) is 15.0. The Hall–Kier alpha value is -1.27. The summed E-state index contributed by atoms with van der Waals surface area (Å²) in [7, 11) is -15.7. The third kappa shape index (κ3) is 6.88. The highest BCUT2D eigenvalue weighted by atomic mass is 31.3. The van der Waals surface area contributed by atoms with Gasteiger partial charge in [-0.2, -0.15) is 8.62 Å². The molecule has 1 aliphatic rings. The SMILES string of the molecule is C#Cc1[nH]c(=O)c(C)c(F)c1[C@@H]1O[C@H](COP(=O)(O)OP(=O)(O)OP(=O)(O)O)C(O)[C@@H]1OC. The van der Waals surface area contributed by atoms with Crippen molar-refractivity contribution in [3.8, 4) is 12.3 Å². The summed E-state index contributed by atoms with van der Waals surface area (Å²) in [6, 6.07) is 0. The Morgan fingerprint density at radius 3 is 2.30 bits per heavy atom. The molecule has 0 aromatic carbocycles. The normalized spacial score (nSPS) is 27.0. The average molecular weight is 537 g/mol. The van der Waals surface area contributed by atoms with Gasteiger partial charge in [0.15, 0.2) is 0 Å². The molecule has 19 heteroatoms. The Bertz CT molecular complexity index is 1140. The Balaban J connectivity index is 2.24. The summed E-state index contributed by atoms with van der Waals surface area (Å²) in [5, 5.41) is 10.4. The summed E-state index contributed by atoms with van der Waals surface area (Å²) >= 11 is 0.